The molecule has 124 valence electrons. The number of aryl methyl sites for hydroxylation is 1. The summed E-state index contributed by atoms with van der Waals surface area (Å²) in [6.45, 7) is 2.03. The monoisotopic (exact) mass is 343 g/mol. The topological polar surface area (TPSA) is 84.6 Å². The van der Waals surface area contributed by atoms with Crippen molar-refractivity contribution in [3.05, 3.63) is 75.3 Å². The molecule has 2 aromatic carbocycles. The van der Waals surface area contributed by atoms with Crippen molar-refractivity contribution in [1.82, 2.24) is 5.43 Å². The summed E-state index contributed by atoms with van der Waals surface area (Å²) in [4.78, 5) is 22.1. The minimum Gasteiger partial charge on any atom is -0.272 e. The van der Waals surface area contributed by atoms with Crippen LogP contribution in [0.15, 0.2) is 53.6 Å². The minimum absolute atomic E-state index is 0.0515. The third-order valence-corrected chi connectivity index (χ3v) is 4.26. The van der Waals surface area contributed by atoms with E-state index in [1.165, 1.54) is 35.2 Å². The lowest BCUT2D eigenvalue weighted by atomic mass is 10.1. The number of hydrazone groups is 1. The number of nitro benzene ring substituents is 1. The van der Waals surface area contributed by atoms with Crippen LogP contribution in [-0.4, -0.2) is 22.8 Å². The van der Waals surface area contributed by atoms with Gasteiger partial charge in [0, 0.05) is 11.8 Å². The number of rotatable bonds is 7. The van der Waals surface area contributed by atoms with Crippen LogP contribution in [0.1, 0.15) is 16.7 Å². The second-order valence-corrected chi connectivity index (χ2v) is 6.01. The van der Waals surface area contributed by atoms with Gasteiger partial charge < -0.3 is 0 Å². The predicted octanol–water partition coefficient (Wildman–Crippen LogP) is 3.29. The standard InChI is InChI=1S/C17H17N3O3S/c1-13-6-2-3-8-15(13)11-24-12-17(21)19-18-10-14-7-4-5-9-16(14)20(22)23/h2-10H,11-12H2,1H3,(H,19,21)/b18-10+. The molecule has 0 radical (unpaired) electrons. The summed E-state index contributed by atoms with van der Waals surface area (Å²) in [6, 6.07) is 14.2. The van der Waals surface area contributed by atoms with Crippen molar-refractivity contribution in [3.8, 4) is 0 Å². The average Bonchev–Trinajstić information content (AvgIpc) is 2.57. The molecule has 2 aromatic rings. The Morgan fingerprint density at radius 2 is 1.96 bits per heavy atom. The zero-order valence-corrected chi connectivity index (χ0v) is 14.0. The molecule has 6 nitrogen and oxygen atoms in total. The van der Waals surface area contributed by atoms with Crippen molar-refractivity contribution >= 4 is 29.6 Å². The highest BCUT2D eigenvalue weighted by molar-refractivity contribution is 7.99. The van der Waals surface area contributed by atoms with E-state index in [1.54, 1.807) is 18.2 Å². The number of hydrogen-bond acceptors (Lipinski definition) is 5. The molecule has 0 heterocycles. The number of thioether (sulfide) groups is 1. The van der Waals surface area contributed by atoms with Gasteiger partial charge in [0.15, 0.2) is 0 Å². The summed E-state index contributed by atoms with van der Waals surface area (Å²) >= 11 is 1.49. The van der Waals surface area contributed by atoms with E-state index in [9.17, 15) is 14.9 Å². The highest BCUT2D eigenvalue weighted by atomic mass is 32.2. The first-order valence-corrected chi connectivity index (χ1v) is 8.41. The van der Waals surface area contributed by atoms with Crippen LogP contribution in [0.3, 0.4) is 0 Å². The molecule has 24 heavy (non-hydrogen) atoms. The highest BCUT2D eigenvalue weighted by Gasteiger charge is 2.10. The Bertz CT molecular complexity index is 762. The Kier molecular flexibility index (Phi) is 6.51. The Morgan fingerprint density at radius 3 is 2.71 bits per heavy atom. The van der Waals surface area contributed by atoms with E-state index < -0.39 is 4.92 Å². The molecule has 0 atom stereocenters. The average molecular weight is 343 g/mol. The maximum absolute atomic E-state index is 11.7. The first kappa shape index (κ1) is 17.7. The lowest BCUT2D eigenvalue weighted by molar-refractivity contribution is -0.385. The number of hydrogen-bond donors (Lipinski definition) is 1. The van der Waals surface area contributed by atoms with Crippen molar-refractivity contribution in [2.45, 2.75) is 12.7 Å². The fourth-order valence-corrected chi connectivity index (χ4v) is 2.89. The lowest BCUT2D eigenvalue weighted by Crippen LogP contribution is -2.19. The molecular formula is C17H17N3O3S. The number of amides is 1. The minimum atomic E-state index is -0.485. The van der Waals surface area contributed by atoms with E-state index >= 15 is 0 Å². The molecule has 0 aromatic heterocycles. The van der Waals surface area contributed by atoms with E-state index in [-0.39, 0.29) is 17.3 Å². The Balaban J connectivity index is 1.81. The highest BCUT2D eigenvalue weighted by Crippen LogP contribution is 2.16. The number of carbonyl (C=O) groups is 1. The van der Waals surface area contributed by atoms with Crippen LogP contribution in [0.25, 0.3) is 0 Å². The van der Waals surface area contributed by atoms with Crippen LogP contribution >= 0.6 is 11.8 Å². The van der Waals surface area contributed by atoms with Gasteiger partial charge in [0.2, 0.25) is 5.91 Å². The van der Waals surface area contributed by atoms with Gasteiger partial charge >= 0.3 is 0 Å². The molecule has 0 fully saturated rings. The van der Waals surface area contributed by atoms with Crippen LogP contribution in [0, 0.1) is 17.0 Å². The Hall–Kier alpha value is -2.67. The van der Waals surface area contributed by atoms with Gasteiger partial charge in [-0.15, -0.1) is 11.8 Å². The Labute approximate surface area is 144 Å². The van der Waals surface area contributed by atoms with E-state index in [4.69, 9.17) is 0 Å². The first-order chi connectivity index (χ1) is 11.6. The zero-order chi connectivity index (χ0) is 17.4. The van der Waals surface area contributed by atoms with Crippen molar-refractivity contribution in [3.63, 3.8) is 0 Å². The molecule has 2 rings (SSSR count). The molecule has 0 aliphatic rings. The van der Waals surface area contributed by atoms with Gasteiger partial charge in [0.25, 0.3) is 5.69 Å². The molecule has 1 amide bonds. The maximum atomic E-state index is 11.7. The van der Waals surface area contributed by atoms with Crippen molar-refractivity contribution in [2.24, 2.45) is 5.10 Å². The van der Waals surface area contributed by atoms with Gasteiger partial charge in [-0.1, -0.05) is 36.4 Å². The van der Waals surface area contributed by atoms with Gasteiger partial charge in [0.05, 0.1) is 22.5 Å². The van der Waals surface area contributed by atoms with Gasteiger partial charge in [-0.2, -0.15) is 5.10 Å². The molecule has 1 N–H and O–H groups in total. The van der Waals surface area contributed by atoms with E-state index in [0.29, 0.717) is 5.56 Å². The van der Waals surface area contributed by atoms with E-state index in [2.05, 4.69) is 10.5 Å². The van der Waals surface area contributed by atoms with Crippen LogP contribution in [0.2, 0.25) is 0 Å². The number of para-hydroxylation sites is 1. The normalized spacial score (nSPS) is 10.7. The summed E-state index contributed by atoms with van der Waals surface area (Å²) < 4.78 is 0. The summed E-state index contributed by atoms with van der Waals surface area (Å²) in [6.07, 6.45) is 1.28. The Morgan fingerprint density at radius 1 is 1.25 bits per heavy atom. The maximum Gasteiger partial charge on any atom is 0.278 e. The number of nitro groups is 1. The quantitative estimate of drug-likeness (QED) is 0.475. The van der Waals surface area contributed by atoms with Crippen molar-refractivity contribution in [1.29, 1.82) is 0 Å². The molecule has 0 unspecified atom stereocenters. The molecule has 0 saturated carbocycles. The third-order valence-electron chi connectivity index (χ3n) is 3.28. The van der Waals surface area contributed by atoms with Gasteiger partial charge in [-0.25, -0.2) is 5.43 Å². The van der Waals surface area contributed by atoms with Crippen molar-refractivity contribution < 1.29 is 9.72 Å². The largest absolute Gasteiger partial charge is 0.278 e. The molecule has 0 aliphatic heterocycles. The molecule has 7 heteroatoms. The number of nitrogens with one attached hydrogen (secondary N) is 1. The fourth-order valence-electron chi connectivity index (χ4n) is 1.99. The second-order valence-electron chi connectivity index (χ2n) is 5.03. The lowest BCUT2D eigenvalue weighted by Gasteiger charge is -2.04. The first-order valence-electron chi connectivity index (χ1n) is 7.25. The van der Waals surface area contributed by atoms with Gasteiger partial charge in [0.1, 0.15) is 0 Å². The number of carbonyl (C=O) groups excluding carboxylic acids is 1. The predicted molar refractivity (Wildman–Crippen MR) is 96.2 cm³/mol. The van der Waals surface area contributed by atoms with Crippen molar-refractivity contribution in [2.75, 3.05) is 5.75 Å². The van der Waals surface area contributed by atoms with E-state index in [1.807, 2.05) is 31.2 Å². The molecule has 0 spiro atoms. The SMILES string of the molecule is Cc1ccccc1CSCC(=O)N/N=C/c1ccccc1[N+](=O)[O-]. The number of benzene rings is 2. The molecule has 0 aliphatic carbocycles. The van der Waals surface area contributed by atoms with Crippen LogP contribution in [0.4, 0.5) is 5.69 Å². The molecule has 0 bridgehead atoms. The number of nitrogens with zero attached hydrogens (tertiary/aromatic N) is 2. The third kappa shape index (κ3) is 5.20. The van der Waals surface area contributed by atoms with Crippen LogP contribution in [0.5, 0.6) is 0 Å². The van der Waals surface area contributed by atoms with E-state index in [0.717, 1.165) is 5.75 Å². The second kappa shape index (κ2) is 8.83. The summed E-state index contributed by atoms with van der Waals surface area (Å²) in [5, 5.41) is 14.7. The fraction of sp³-hybridized carbons (Fsp3) is 0.176. The molecular weight excluding hydrogens is 326 g/mol. The van der Waals surface area contributed by atoms with Crippen LogP contribution in [-0.2, 0) is 10.5 Å². The van der Waals surface area contributed by atoms with Gasteiger partial charge in [-0.3, -0.25) is 14.9 Å². The van der Waals surface area contributed by atoms with Crippen LogP contribution < -0.4 is 5.43 Å². The smallest absolute Gasteiger partial charge is 0.272 e. The van der Waals surface area contributed by atoms with Gasteiger partial charge in [-0.05, 0) is 24.1 Å². The zero-order valence-electron chi connectivity index (χ0n) is 13.1. The molecule has 0 saturated heterocycles. The summed E-state index contributed by atoms with van der Waals surface area (Å²) in [5.74, 6) is 0.764. The summed E-state index contributed by atoms with van der Waals surface area (Å²) in [7, 11) is 0. The summed E-state index contributed by atoms with van der Waals surface area (Å²) in [5.41, 5.74) is 5.06.